The first-order chi connectivity index (χ1) is 14.8. The van der Waals surface area contributed by atoms with Gasteiger partial charge < -0.3 is 4.90 Å². The first kappa shape index (κ1) is 23.1. The summed E-state index contributed by atoms with van der Waals surface area (Å²) in [4.78, 5) is 26.5. The summed E-state index contributed by atoms with van der Waals surface area (Å²) < 4.78 is 13.1. The zero-order valence-electron chi connectivity index (χ0n) is 18.6. The zero-order chi connectivity index (χ0) is 22.4. The number of aryl methyl sites for hydroxylation is 2. The lowest BCUT2D eigenvalue weighted by Gasteiger charge is -2.18. The monoisotopic (exact) mass is 425 g/mol. The Balaban J connectivity index is 1.36. The van der Waals surface area contributed by atoms with Crippen molar-refractivity contribution < 1.29 is 14.0 Å². The minimum Gasteiger partial charge on any atom is -0.346 e. The van der Waals surface area contributed by atoms with E-state index in [2.05, 4.69) is 10.9 Å². The molecule has 2 aromatic rings. The van der Waals surface area contributed by atoms with E-state index in [0.29, 0.717) is 18.2 Å². The molecule has 0 radical (unpaired) electrons. The average molecular weight is 426 g/mol. The molecule has 1 heterocycles. The molecule has 6 heteroatoms. The van der Waals surface area contributed by atoms with E-state index in [0.717, 1.165) is 36.0 Å². The van der Waals surface area contributed by atoms with Gasteiger partial charge >= 0.3 is 0 Å². The number of hydrogen-bond donors (Lipinski definition) is 2. The Labute approximate surface area is 184 Å². The molecule has 0 aromatic heterocycles. The van der Waals surface area contributed by atoms with Crippen LogP contribution in [0.15, 0.2) is 42.5 Å². The van der Waals surface area contributed by atoms with Crippen molar-refractivity contribution in [2.75, 3.05) is 13.6 Å². The first-order valence-corrected chi connectivity index (χ1v) is 10.9. The number of rotatable bonds is 9. The highest BCUT2D eigenvalue weighted by Gasteiger charge is 2.24. The van der Waals surface area contributed by atoms with Crippen LogP contribution in [0.4, 0.5) is 4.39 Å². The van der Waals surface area contributed by atoms with E-state index in [-0.39, 0.29) is 36.4 Å². The molecule has 31 heavy (non-hydrogen) atoms. The Kier molecular flexibility index (Phi) is 7.93. The molecular formula is C25H32FN3O2. The van der Waals surface area contributed by atoms with E-state index in [1.165, 1.54) is 12.1 Å². The summed E-state index contributed by atoms with van der Waals surface area (Å²) in [6.07, 6.45) is 3.21. The van der Waals surface area contributed by atoms with Crippen molar-refractivity contribution in [2.45, 2.75) is 58.0 Å². The van der Waals surface area contributed by atoms with Crippen LogP contribution < -0.4 is 10.9 Å². The van der Waals surface area contributed by atoms with Crippen LogP contribution in [-0.4, -0.2) is 36.2 Å². The molecule has 1 saturated heterocycles. The van der Waals surface area contributed by atoms with Gasteiger partial charge in [0.2, 0.25) is 5.91 Å². The number of hydrogen-bond acceptors (Lipinski definition) is 4. The standard InChI is InChI=1S/C25H32FN3O2/c1-17-6-7-20(15-18(17)2)24(30)12-13-25(31)29(3)14-4-5-22-16-23(28-27-22)19-8-10-21(26)11-9-19/h6-11,15,22-23,27-28H,4-5,12-14,16H2,1-3H3. The van der Waals surface area contributed by atoms with Crippen molar-refractivity contribution in [1.82, 2.24) is 15.8 Å². The summed E-state index contributed by atoms with van der Waals surface area (Å²) in [5, 5.41) is 0. The van der Waals surface area contributed by atoms with Crippen LogP contribution in [0, 0.1) is 19.7 Å². The number of carbonyl (C=O) groups excluding carboxylic acids is 2. The van der Waals surface area contributed by atoms with Gasteiger partial charge in [-0.2, -0.15) is 0 Å². The number of benzene rings is 2. The molecular weight excluding hydrogens is 393 g/mol. The third-order valence-electron chi connectivity index (χ3n) is 6.12. The van der Waals surface area contributed by atoms with Gasteiger partial charge in [-0.15, -0.1) is 0 Å². The molecule has 0 aliphatic carbocycles. The van der Waals surface area contributed by atoms with Crippen LogP contribution in [0.1, 0.15) is 65.2 Å². The topological polar surface area (TPSA) is 61.4 Å². The molecule has 0 saturated carbocycles. The van der Waals surface area contributed by atoms with Crippen LogP contribution in [0.25, 0.3) is 0 Å². The van der Waals surface area contributed by atoms with Crippen LogP contribution in [0.3, 0.4) is 0 Å². The lowest BCUT2D eigenvalue weighted by molar-refractivity contribution is -0.129. The predicted molar refractivity (Wildman–Crippen MR) is 120 cm³/mol. The Morgan fingerprint density at radius 2 is 1.77 bits per heavy atom. The van der Waals surface area contributed by atoms with Gasteiger partial charge in [0.25, 0.3) is 0 Å². The van der Waals surface area contributed by atoms with E-state index in [4.69, 9.17) is 0 Å². The zero-order valence-corrected chi connectivity index (χ0v) is 18.6. The maximum atomic E-state index is 13.1. The Morgan fingerprint density at radius 1 is 1.03 bits per heavy atom. The fourth-order valence-corrected chi connectivity index (χ4v) is 3.90. The van der Waals surface area contributed by atoms with Gasteiger partial charge in [-0.25, -0.2) is 4.39 Å². The number of hydrazine groups is 1. The molecule has 1 aliphatic rings. The van der Waals surface area contributed by atoms with Gasteiger partial charge in [-0.1, -0.05) is 24.3 Å². The number of halogens is 1. The number of carbonyl (C=O) groups is 2. The maximum absolute atomic E-state index is 13.1. The number of nitrogens with zero attached hydrogens (tertiary/aromatic N) is 1. The molecule has 2 N–H and O–H groups in total. The van der Waals surface area contributed by atoms with E-state index >= 15 is 0 Å². The van der Waals surface area contributed by atoms with E-state index < -0.39 is 0 Å². The quantitative estimate of drug-likeness (QED) is 0.590. The second-order valence-corrected chi connectivity index (χ2v) is 8.51. The smallest absolute Gasteiger partial charge is 0.222 e. The van der Waals surface area contributed by atoms with Crippen molar-refractivity contribution in [1.29, 1.82) is 0 Å². The summed E-state index contributed by atoms with van der Waals surface area (Å²) in [6, 6.07) is 12.7. The molecule has 1 fully saturated rings. The van der Waals surface area contributed by atoms with Crippen molar-refractivity contribution in [3.63, 3.8) is 0 Å². The second kappa shape index (κ2) is 10.6. The molecule has 0 bridgehead atoms. The summed E-state index contributed by atoms with van der Waals surface area (Å²) in [6.45, 7) is 4.67. The summed E-state index contributed by atoms with van der Waals surface area (Å²) in [7, 11) is 1.80. The number of amides is 1. The van der Waals surface area contributed by atoms with E-state index in [1.54, 1.807) is 11.9 Å². The highest BCUT2D eigenvalue weighted by Crippen LogP contribution is 2.24. The van der Waals surface area contributed by atoms with Gasteiger partial charge in [-0.3, -0.25) is 20.4 Å². The summed E-state index contributed by atoms with van der Waals surface area (Å²) >= 11 is 0. The molecule has 2 unspecified atom stereocenters. The lowest BCUT2D eigenvalue weighted by atomic mass is 9.99. The SMILES string of the molecule is Cc1ccc(C(=O)CCC(=O)N(C)CCCC2CC(c3ccc(F)cc3)NN2)cc1C. The molecule has 3 rings (SSSR count). The minimum atomic E-state index is -0.227. The van der Waals surface area contributed by atoms with E-state index in [9.17, 15) is 14.0 Å². The normalized spacial score (nSPS) is 18.2. The maximum Gasteiger partial charge on any atom is 0.222 e. The van der Waals surface area contributed by atoms with Gasteiger partial charge in [-0.05, 0) is 68.0 Å². The number of ketones is 1. The minimum absolute atomic E-state index is 0.00104. The van der Waals surface area contributed by atoms with E-state index in [1.807, 2.05) is 44.2 Å². The summed E-state index contributed by atoms with van der Waals surface area (Å²) in [5.41, 5.74) is 10.6. The molecule has 2 aromatic carbocycles. The largest absolute Gasteiger partial charge is 0.346 e. The third kappa shape index (κ3) is 6.45. The highest BCUT2D eigenvalue weighted by atomic mass is 19.1. The number of nitrogens with one attached hydrogen (secondary N) is 2. The van der Waals surface area contributed by atoms with Crippen molar-refractivity contribution in [3.05, 3.63) is 70.5 Å². The molecule has 0 spiro atoms. The Morgan fingerprint density at radius 3 is 2.48 bits per heavy atom. The first-order valence-electron chi connectivity index (χ1n) is 10.9. The lowest BCUT2D eigenvalue weighted by Crippen LogP contribution is -2.32. The molecule has 5 nitrogen and oxygen atoms in total. The highest BCUT2D eigenvalue weighted by molar-refractivity contribution is 5.98. The van der Waals surface area contributed by atoms with Crippen LogP contribution in [0.2, 0.25) is 0 Å². The van der Waals surface area contributed by atoms with Crippen molar-refractivity contribution in [2.24, 2.45) is 0 Å². The second-order valence-electron chi connectivity index (χ2n) is 8.51. The van der Waals surface area contributed by atoms with Gasteiger partial charge in [0.1, 0.15) is 5.82 Å². The van der Waals surface area contributed by atoms with Gasteiger partial charge in [0, 0.05) is 44.1 Å². The van der Waals surface area contributed by atoms with Crippen molar-refractivity contribution in [3.8, 4) is 0 Å². The van der Waals surface area contributed by atoms with Crippen molar-refractivity contribution >= 4 is 11.7 Å². The average Bonchev–Trinajstić information content (AvgIpc) is 3.23. The molecule has 166 valence electrons. The molecule has 1 amide bonds. The summed E-state index contributed by atoms with van der Waals surface area (Å²) in [5.74, 6) is -0.216. The van der Waals surface area contributed by atoms with Gasteiger partial charge in [0.15, 0.2) is 5.78 Å². The Bertz CT molecular complexity index is 913. The fourth-order valence-electron chi connectivity index (χ4n) is 3.90. The molecule has 2 atom stereocenters. The van der Waals surface area contributed by atoms with Crippen LogP contribution in [-0.2, 0) is 4.79 Å². The number of Topliss-reactive ketones (excluding diaryl/α,β-unsaturated/α-hetero) is 1. The van der Waals surface area contributed by atoms with Crippen LogP contribution in [0.5, 0.6) is 0 Å². The van der Waals surface area contributed by atoms with Crippen LogP contribution >= 0.6 is 0 Å². The predicted octanol–water partition coefficient (Wildman–Crippen LogP) is 4.25. The molecule has 1 aliphatic heterocycles. The fraction of sp³-hybridized carbons (Fsp3) is 0.440. The Hall–Kier alpha value is -2.57. The third-order valence-corrected chi connectivity index (χ3v) is 6.12. The van der Waals surface area contributed by atoms with Gasteiger partial charge in [0.05, 0.1) is 0 Å².